The average molecular weight is 295 g/mol. The topological polar surface area (TPSA) is 89.5 Å². The number of nitro groups is 1. The molecule has 1 aromatic carbocycles. The summed E-state index contributed by atoms with van der Waals surface area (Å²) in [6, 6.07) is 2.83. The molecule has 0 bridgehead atoms. The number of carbonyl (C=O) groups is 1. The fourth-order valence-electron chi connectivity index (χ4n) is 2.81. The number of likely N-dealkylation sites (tertiary alicyclic amines) is 1. The third kappa shape index (κ3) is 3.02. The molecule has 0 aromatic heterocycles. The lowest BCUT2D eigenvalue weighted by molar-refractivity contribution is -0.384. The SMILES string of the molecule is CC1CCCN(C(=O)c2cc([N+](=O)[O-])ccc2F)C1CN. The van der Waals surface area contributed by atoms with Crippen LogP contribution in [0, 0.1) is 21.8 Å². The molecule has 6 nitrogen and oxygen atoms in total. The van der Waals surface area contributed by atoms with E-state index in [1.807, 2.05) is 6.92 Å². The molecule has 2 atom stereocenters. The number of nitrogens with zero attached hydrogens (tertiary/aromatic N) is 2. The number of nitrogens with two attached hydrogens (primary N) is 1. The van der Waals surface area contributed by atoms with E-state index in [1.165, 1.54) is 4.90 Å². The number of benzene rings is 1. The number of piperidine rings is 1. The second-order valence-electron chi connectivity index (χ2n) is 5.34. The zero-order valence-corrected chi connectivity index (χ0v) is 11.8. The van der Waals surface area contributed by atoms with Crippen LogP contribution in [-0.2, 0) is 0 Å². The number of carbonyl (C=O) groups excluding carboxylic acids is 1. The van der Waals surface area contributed by atoms with Crippen molar-refractivity contribution in [1.29, 1.82) is 0 Å². The summed E-state index contributed by atoms with van der Waals surface area (Å²) in [5.41, 5.74) is 5.16. The van der Waals surface area contributed by atoms with Crippen molar-refractivity contribution in [3.8, 4) is 0 Å². The van der Waals surface area contributed by atoms with E-state index in [2.05, 4.69) is 0 Å². The molecule has 114 valence electrons. The predicted molar refractivity (Wildman–Crippen MR) is 75.3 cm³/mol. The molecular weight excluding hydrogens is 277 g/mol. The Hall–Kier alpha value is -2.02. The average Bonchev–Trinajstić information content (AvgIpc) is 2.46. The molecule has 1 fully saturated rings. The van der Waals surface area contributed by atoms with Crippen LogP contribution in [0.15, 0.2) is 18.2 Å². The monoisotopic (exact) mass is 295 g/mol. The third-order valence-electron chi connectivity index (χ3n) is 4.01. The van der Waals surface area contributed by atoms with Crippen molar-refractivity contribution in [3.63, 3.8) is 0 Å². The number of non-ortho nitro benzene ring substituents is 1. The van der Waals surface area contributed by atoms with Crippen LogP contribution in [0.1, 0.15) is 30.1 Å². The van der Waals surface area contributed by atoms with E-state index in [0.717, 1.165) is 31.0 Å². The van der Waals surface area contributed by atoms with Gasteiger partial charge in [-0.05, 0) is 24.8 Å². The van der Waals surface area contributed by atoms with Crippen LogP contribution in [0.2, 0.25) is 0 Å². The number of amides is 1. The highest BCUT2D eigenvalue weighted by Crippen LogP contribution is 2.26. The van der Waals surface area contributed by atoms with Crippen LogP contribution in [0.4, 0.5) is 10.1 Å². The molecule has 1 aliphatic heterocycles. The first-order chi connectivity index (χ1) is 9.95. The van der Waals surface area contributed by atoms with E-state index >= 15 is 0 Å². The van der Waals surface area contributed by atoms with E-state index in [4.69, 9.17) is 5.73 Å². The molecule has 2 unspecified atom stereocenters. The third-order valence-corrected chi connectivity index (χ3v) is 4.01. The summed E-state index contributed by atoms with van der Waals surface area (Å²) >= 11 is 0. The summed E-state index contributed by atoms with van der Waals surface area (Å²) in [5, 5.41) is 10.8. The molecule has 1 aromatic rings. The lowest BCUT2D eigenvalue weighted by atomic mass is 9.90. The van der Waals surface area contributed by atoms with Crippen molar-refractivity contribution in [3.05, 3.63) is 39.7 Å². The van der Waals surface area contributed by atoms with Crippen LogP contribution in [-0.4, -0.2) is 34.9 Å². The van der Waals surface area contributed by atoms with Crippen molar-refractivity contribution in [2.75, 3.05) is 13.1 Å². The Morgan fingerprint density at radius 1 is 1.57 bits per heavy atom. The lowest BCUT2D eigenvalue weighted by Crippen LogP contribution is -2.51. The Labute approximate surface area is 121 Å². The van der Waals surface area contributed by atoms with Crippen molar-refractivity contribution in [1.82, 2.24) is 4.90 Å². The van der Waals surface area contributed by atoms with Crippen molar-refractivity contribution < 1.29 is 14.1 Å². The van der Waals surface area contributed by atoms with Gasteiger partial charge in [0, 0.05) is 31.3 Å². The zero-order chi connectivity index (χ0) is 15.6. The molecule has 2 rings (SSSR count). The maximum atomic E-state index is 13.9. The molecule has 0 radical (unpaired) electrons. The van der Waals surface area contributed by atoms with E-state index in [9.17, 15) is 19.3 Å². The number of halogens is 1. The first-order valence-corrected chi connectivity index (χ1v) is 6.90. The van der Waals surface area contributed by atoms with Gasteiger partial charge in [0.1, 0.15) is 5.82 Å². The predicted octanol–water partition coefficient (Wildman–Crippen LogP) is 1.93. The largest absolute Gasteiger partial charge is 0.334 e. The van der Waals surface area contributed by atoms with E-state index in [0.29, 0.717) is 13.1 Å². The fourth-order valence-corrected chi connectivity index (χ4v) is 2.81. The molecule has 0 spiro atoms. The maximum Gasteiger partial charge on any atom is 0.270 e. The minimum absolute atomic E-state index is 0.162. The minimum Gasteiger partial charge on any atom is -0.334 e. The van der Waals surface area contributed by atoms with Gasteiger partial charge in [0.2, 0.25) is 0 Å². The molecule has 1 aliphatic rings. The number of rotatable bonds is 3. The molecule has 21 heavy (non-hydrogen) atoms. The molecule has 0 aliphatic carbocycles. The Morgan fingerprint density at radius 3 is 2.90 bits per heavy atom. The number of hydrogen-bond acceptors (Lipinski definition) is 4. The van der Waals surface area contributed by atoms with Gasteiger partial charge >= 0.3 is 0 Å². The van der Waals surface area contributed by atoms with Crippen LogP contribution < -0.4 is 5.73 Å². The van der Waals surface area contributed by atoms with Gasteiger partial charge in [-0.25, -0.2) is 4.39 Å². The summed E-state index contributed by atoms with van der Waals surface area (Å²) in [6.07, 6.45) is 1.78. The number of hydrogen-bond donors (Lipinski definition) is 1. The summed E-state index contributed by atoms with van der Waals surface area (Å²) in [5.74, 6) is -1.05. The van der Waals surface area contributed by atoms with E-state index in [-0.39, 0.29) is 23.2 Å². The van der Waals surface area contributed by atoms with Gasteiger partial charge in [-0.1, -0.05) is 6.92 Å². The number of nitro benzene ring substituents is 1. The smallest absolute Gasteiger partial charge is 0.270 e. The molecule has 1 amide bonds. The van der Waals surface area contributed by atoms with E-state index in [1.54, 1.807) is 0 Å². The molecule has 1 saturated heterocycles. The van der Waals surface area contributed by atoms with Gasteiger partial charge in [0.25, 0.3) is 11.6 Å². The van der Waals surface area contributed by atoms with Crippen LogP contribution in [0.3, 0.4) is 0 Å². The zero-order valence-electron chi connectivity index (χ0n) is 11.8. The molecule has 0 saturated carbocycles. The Bertz CT molecular complexity index is 564. The van der Waals surface area contributed by atoms with Crippen molar-refractivity contribution in [2.45, 2.75) is 25.8 Å². The van der Waals surface area contributed by atoms with Gasteiger partial charge in [0.05, 0.1) is 10.5 Å². The lowest BCUT2D eigenvalue weighted by Gasteiger charge is -2.39. The van der Waals surface area contributed by atoms with Crippen LogP contribution in [0.25, 0.3) is 0 Å². The van der Waals surface area contributed by atoms with Gasteiger partial charge in [-0.3, -0.25) is 14.9 Å². The molecular formula is C14H18FN3O3. The highest BCUT2D eigenvalue weighted by atomic mass is 19.1. The summed E-state index contributed by atoms with van der Waals surface area (Å²) in [6.45, 7) is 2.79. The van der Waals surface area contributed by atoms with Crippen molar-refractivity contribution in [2.24, 2.45) is 11.7 Å². The van der Waals surface area contributed by atoms with E-state index < -0.39 is 16.6 Å². The first kappa shape index (κ1) is 15.4. The quantitative estimate of drug-likeness (QED) is 0.681. The highest BCUT2D eigenvalue weighted by molar-refractivity contribution is 5.95. The first-order valence-electron chi connectivity index (χ1n) is 6.90. The van der Waals surface area contributed by atoms with Gasteiger partial charge in [-0.2, -0.15) is 0 Å². The summed E-state index contributed by atoms with van der Waals surface area (Å²) in [7, 11) is 0. The summed E-state index contributed by atoms with van der Waals surface area (Å²) in [4.78, 5) is 24.2. The van der Waals surface area contributed by atoms with Gasteiger partial charge < -0.3 is 10.6 Å². The second kappa shape index (κ2) is 6.17. The second-order valence-corrected chi connectivity index (χ2v) is 5.34. The van der Waals surface area contributed by atoms with Gasteiger partial charge in [0.15, 0.2) is 0 Å². The van der Waals surface area contributed by atoms with Crippen molar-refractivity contribution >= 4 is 11.6 Å². The normalized spacial score (nSPS) is 22.1. The molecule has 1 heterocycles. The summed E-state index contributed by atoms with van der Waals surface area (Å²) < 4.78 is 13.9. The maximum absolute atomic E-state index is 13.9. The molecule has 2 N–H and O–H groups in total. The highest BCUT2D eigenvalue weighted by Gasteiger charge is 2.32. The molecule has 7 heteroatoms. The standard InChI is InChI=1S/C14H18FN3O3/c1-9-3-2-6-17(13(9)8-16)14(19)11-7-10(18(20)21)4-5-12(11)15/h4-5,7,9,13H,2-3,6,8,16H2,1H3. The van der Waals surface area contributed by atoms with Crippen LogP contribution in [0.5, 0.6) is 0 Å². The van der Waals surface area contributed by atoms with Gasteiger partial charge in [-0.15, -0.1) is 0 Å². The Balaban J connectivity index is 2.34. The fraction of sp³-hybridized carbons (Fsp3) is 0.500. The Kier molecular flexibility index (Phi) is 4.52. The minimum atomic E-state index is -0.750. The Morgan fingerprint density at radius 2 is 2.29 bits per heavy atom. The van der Waals surface area contributed by atoms with Crippen LogP contribution >= 0.6 is 0 Å².